The summed E-state index contributed by atoms with van der Waals surface area (Å²) in [5.74, 6) is 0.882. The molecule has 0 radical (unpaired) electrons. The number of anilines is 1. The Bertz CT molecular complexity index is 848. The van der Waals surface area contributed by atoms with Gasteiger partial charge in [0.15, 0.2) is 5.96 Å². The normalized spacial score (nSPS) is 18.5. The maximum atomic E-state index is 5.57. The Kier molecular flexibility index (Phi) is 7.83. The summed E-state index contributed by atoms with van der Waals surface area (Å²) < 4.78 is 5.57. The van der Waals surface area contributed by atoms with Crippen LogP contribution in [0.2, 0.25) is 0 Å². The Hall–Kier alpha value is -2.09. The predicted octanol–water partition coefficient (Wildman–Crippen LogP) is 3.26. The number of nitrogens with zero attached hydrogens (tertiary/aromatic N) is 3. The molecule has 2 aliphatic heterocycles. The highest BCUT2D eigenvalue weighted by Crippen LogP contribution is 2.27. The van der Waals surface area contributed by atoms with E-state index in [1.54, 1.807) is 0 Å². The molecule has 1 aromatic heterocycles. The molecule has 1 atom stereocenters. The molecular formula is C24H35N5OS. The van der Waals surface area contributed by atoms with Crippen LogP contribution in [0.1, 0.15) is 35.4 Å². The molecule has 0 aliphatic carbocycles. The Balaban J connectivity index is 1.42. The second-order valence-electron chi connectivity index (χ2n) is 8.24. The number of hydrogen-bond donors (Lipinski definition) is 2. The molecule has 168 valence electrons. The van der Waals surface area contributed by atoms with Gasteiger partial charge in [0.05, 0.1) is 25.8 Å². The number of ether oxygens (including phenoxy) is 1. The van der Waals surface area contributed by atoms with Crippen LogP contribution in [0.5, 0.6) is 0 Å². The van der Waals surface area contributed by atoms with Crippen molar-refractivity contribution in [3.63, 3.8) is 0 Å². The van der Waals surface area contributed by atoms with Gasteiger partial charge in [-0.3, -0.25) is 4.90 Å². The number of aryl methyl sites for hydroxylation is 1. The number of fused-ring (bicyclic) bond motifs is 1. The summed E-state index contributed by atoms with van der Waals surface area (Å²) in [5.41, 5.74) is 4.09. The molecule has 6 nitrogen and oxygen atoms in total. The van der Waals surface area contributed by atoms with Crippen molar-refractivity contribution in [3.05, 3.63) is 51.7 Å². The highest BCUT2D eigenvalue weighted by Gasteiger charge is 2.23. The molecule has 2 N–H and O–H groups in total. The lowest BCUT2D eigenvalue weighted by Crippen LogP contribution is -2.46. The van der Waals surface area contributed by atoms with Crippen LogP contribution in [0, 0.1) is 0 Å². The van der Waals surface area contributed by atoms with Crippen molar-refractivity contribution in [2.45, 2.75) is 32.4 Å². The number of morpholine rings is 1. The molecule has 0 bridgehead atoms. The van der Waals surface area contributed by atoms with Gasteiger partial charge in [0.25, 0.3) is 0 Å². The van der Waals surface area contributed by atoms with Gasteiger partial charge in [-0.1, -0.05) is 18.2 Å². The van der Waals surface area contributed by atoms with E-state index in [9.17, 15) is 0 Å². The first kappa shape index (κ1) is 22.1. The molecule has 3 heterocycles. The molecule has 2 aromatic rings. The summed E-state index contributed by atoms with van der Waals surface area (Å²) in [6, 6.07) is 11.5. The number of aliphatic imine (C=N–C) groups is 1. The van der Waals surface area contributed by atoms with Crippen molar-refractivity contribution < 1.29 is 4.74 Å². The SMILES string of the molecule is CCNC(=NCc1ccc2c(c1)CCCN2C)NCC(c1cccs1)N1CCOCC1. The molecule has 1 fully saturated rings. The van der Waals surface area contributed by atoms with Gasteiger partial charge in [-0.05, 0) is 48.4 Å². The Morgan fingerprint density at radius 1 is 1.19 bits per heavy atom. The number of rotatable bonds is 7. The fourth-order valence-electron chi connectivity index (χ4n) is 4.42. The maximum absolute atomic E-state index is 5.57. The van der Waals surface area contributed by atoms with E-state index in [4.69, 9.17) is 9.73 Å². The summed E-state index contributed by atoms with van der Waals surface area (Å²) in [5, 5.41) is 9.18. The second-order valence-corrected chi connectivity index (χ2v) is 9.22. The molecule has 0 spiro atoms. The van der Waals surface area contributed by atoms with Crippen LogP contribution in [0.3, 0.4) is 0 Å². The fourth-order valence-corrected chi connectivity index (χ4v) is 5.28. The summed E-state index contributed by atoms with van der Waals surface area (Å²) in [6.07, 6.45) is 2.39. The van der Waals surface area contributed by atoms with Gasteiger partial charge in [0.2, 0.25) is 0 Å². The number of guanidine groups is 1. The quantitative estimate of drug-likeness (QED) is 0.510. The highest BCUT2D eigenvalue weighted by atomic mass is 32.1. The van der Waals surface area contributed by atoms with E-state index >= 15 is 0 Å². The van der Waals surface area contributed by atoms with Crippen molar-refractivity contribution in [1.29, 1.82) is 0 Å². The molecule has 2 aliphatic rings. The third-order valence-corrected chi connectivity index (χ3v) is 7.05. The third-order valence-electron chi connectivity index (χ3n) is 6.08. The van der Waals surface area contributed by atoms with Crippen LogP contribution in [0.4, 0.5) is 5.69 Å². The zero-order valence-corrected chi connectivity index (χ0v) is 19.6. The zero-order chi connectivity index (χ0) is 21.5. The van der Waals surface area contributed by atoms with E-state index in [0.717, 1.165) is 58.3 Å². The van der Waals surface area contributed by atoms with Crippen LogP contribution in [0.25, 0.3) is 0 Å². The van der Waals surface area contributed by atoms with Crippen LogP contribution in [-0.2, 0) is 17.7 Å². The fraction of sp³-hybridized carbons (Fsp3) is 0.542. The van der Waals surface area contributed by atoms with E-state index in [1.807, 2.05) is 11.3 Å². The average Bonchev–Trinajstić information content (AvgIpc) is 3.33. The molecule has 1 unspecified atom stereocenters. The average molecular weight is 442 g/mol. The third kappa shape index (κ3) is 5.79. The Morgan fingerprint density at radius 3 is 2.84 bits per heavy atom. The van der Waals surface area contributed by atoms with Gasteiger partial charge in [0, 0.05) is 50.3 Å². The molecule has 0 amide bonds. The van der Waals surface area contributed by atoms with Crippen molar-refractivity contribution in [2.75, 3.05) is 57.9 Å². The van der Waals surface area contributed by atoms with Gasteiger partial charge < -0.3 is 20.3 Å². The minimum atomic E-state index is 0.340. The van der Waals surface area contributed by atoms with E-state index in [-0.39, 0.29) is 0 Å². The number of benzene rings is 1. The zero-order valence-electron chi connectivity index (χ0n) is 18.8. The number of thiophene rings is 1. The minimum absolute atomic E-state index is 0.340. The second kappa shape index (κ2) is 11.0. The lowest BCUT2D eigenvalue weighted by Gasteiger charge is -2.34. The Morgan fingerprint density at radius 2 is 2.06 bits per heavy atom. The smallest absolute Gasteiger partial charge is 0.191 e. The molecule has 1 saturated heterocycles. The highest BCUT2D eigenvalue weighted by molar-refractivity contribution is 7.10. The molecule has 0 saturated carbocycles. The Labute approximate surface area is 190 Å². The predicted molar refractivity (Wildman–Crippen MR) is 130 cm³/mol. The van der Waals surface area contributed by atoms with Gasteiger partial charge in [-0.2, -0.15) is 0 Å². The van der Waals surface area contributed by atoms with Gasteiger partial charge >= 0.3 is 0 Å². The summed E-state index contributed by atoms with van der Waals surface area (Å²) in [4.78, 5) is 11.2. The topological polar surface area (TPSA) is 52.1 Å². The number of nitrogens with one attached hydrogen (secondary N) is 2. The van der Waals surface area contributed by atoms with Crippen molar-refractivity contribution >= 4 is 23.0 Å². The van der Waals surface area contributed by atoms with E-state index < -0.39 is 0 Å². The minimum Gasteiger partial charge on any atom is -0.379 e. The van der Waals surface area contributed by atoms with Crippen molar-refractivity contribution in [3.8, 4) is 0 Å². The van der Waals surface area contributed by atoms with Gasteiger partial charge in [0.1, 0.15) is 0 Å². The summed E-state index contributed by atoms with van der Waals surface area (Å²) >= 11 is 1.83. The van der Waals surface area contributed by atoms with E-state index in [0.29, 0.717) is 12.6 Å². The molecule has 4 rings (SSSR count). The maximum Gasteiger partial charge on any atom is 0.191 e. The van der Waals surface area contributed by atoms with Gasteiger partial charge in [-0.25, -0.2) is 4.99 Å². The van der Waals surface area contributed by atoms with E-state index in [1.165, 1.54) is 28.1 Å². The van der Waals surface area contributed by atoms with Crippen LogP contribution >= 0.6 is 11.3 Å². The lowest BCUT2D eigenvalue weighted by molar-refractivity contribution is 0.0177. The summed E-state index contributed by atoms with van der Waals surface area (Å²) in [7, 11) is 2.18. The molecule has 1 aromatic carbocycles. The van der Waals surface area contributed by atoms with Crippen LogP contribution in [-0.4, -0.2) is 63.8 Å². The largest absolute Gasteiger partial charge is 0.379 e. The van der Waals surface area contributed by atoms with Crippen molar-refractivity contribution in [2.24, 2.45) is 4.99 Å². The standard InChI is InChI=1S/C24H35N5OS/c1-3-25-24(26-17-19-8-9-21-20(16-19)6-4-10-28(21)2)27-18-22(23-7-5-15-31-23)29-11-13-30-14-12-29/h5,7-9,15-16,22H,3-4,6,10-14,17-18H2,1-2H3,(H2,25,26,27). The first-order valence-corrected chi connectivity index (χ1v) is 12.3. The first-order chi connectivity index (χ1) is 15.2. The van der Waals surface area contributed by atoms with E-state index in [2.05, 4.69) is 70.1 Å². The van der Waals surface area contributed by atoms with Crippen LogP contribution in [0.15, 0.2) is 40.7 Å². The monoisotopic (exact) mass is 441 g/mol. The molecular weight excluding hydrogens is 406 g/mol. The van der Waals surface area contributed by atoms with Gasteiger partial charge in [-0.15, -0.1) is 11.3 Å². The first-order valence-electron chi connectivity index (χ1n) is 11.4. The number of hydrogen-bond acceptors (Lipinski definition) is 5. The summed E-state index contributed by atoms with van der Waals surface area (Å²) in [6.45, 7) is 9.20. The lowest BCUT2D eigenvalue weighted by atomic mass is 10.00. The molecule has 7 heteroatoms. The van der Waals surface area contributed by atoms with Crippen molar-refractivity contribution in [1.82, 2.24) is 15.5 Å². The van der Waals surface area contributed by atoms with Crippen LogP contribution < -0.4 is 15.5 Å². The molecule has 31 heavy (non-hydrogen) atoms.